The monoisotopic (exact) mass is 339 g/mol. The zero-order valence-electron chi connectivity index (χ0n) is 13.7. The molecule has 25 heavy (non-hydrogen) atoms. The van der Waals surface area contributed by atoms with Crippen molar-refractivity contribution in [2.45, 2.75) is 5.79 Å². The molecule has 1 fully saturated rings. The van der Waals surface area contributed by atoms with Crippen LogP contribution in [-0.4, -0.2) is 43.6 Å². The van der Waals surface area contributed by atoms with Crippen LogP contribution in [0.4, 0.5) is 0 Å². The van der Waals surface area contributed by atoms with Crippen molar-refractivity contribution in [1.82, 2.24) is 4.90 Å². The van der Waals surface area contributed by atoms with Crippen LogP contribution in [-0.2, 0) is 15.3 Å². The second kappa shape index (κ2) is 5.98. The van der Waals surface area contributed by atoms with Gasteiger partial charge < -0.3 is 14.2 Å². The van der Waals surface area contributed by atoms with Crippen molar-refractivity contribution in [3.8, 4) is 5.75 Å². The molecule has 0 saturated carbocycles. The summed E-state index contributed by atoms with van der Waals surface area (Å²) in [6.45, 7) is 0.802. The summed E-state index contributed by atoms with van der Waals surface area (Å²) in [6, 6.07) is 14.0. The average molecular weight is 339 g/mol. The van der Waals surface area contributed by atoms with Gasteiger partial charge >= 0.3 is 0 Å². The summed E-state index contributed by atoms with van der Waals surface area (Å²) in [7, 11) is 1.59. The lowest BCUT2D eigenvalue weighted by molar-refractivity contribution is -0.171. The maximum atomic E-state index is 12.6. The molecule has 0 spiro atoms. The van der Waals surface area contributed by atoms with Gasteiger partial charge in [-0.1, -0.05) is 12.1 Å². The van der Waals surface area contributed by atoms with E-state index in [-0.39, 0.29) is 18.4 Å². The molecule has 2 aromatic carbocycles. The Morgan fingerprint density at radius 2 is 1.52 bits per heavy atom. The highest BCUT2D eigenvalue weighted by molar-refractivity contribution is 6.21. The third-order valence-corrected chi connectivity index (χ3v) is 4.53. The van der Waals surface area contributed by atoms with E-state index < -0.39 is 5.79 Å². The van der Waals surface area contributed by atoms with Crippen molar-refractivity contribution in [3.63, 3.8) is 0 Å². The van der Waals surface area contributed by atoms with E-state index in [0.29, 0.717) is 30.1 Å². The van der Waals surface area contributed by atoms with E-state index in [2.05, 4.69) is 0 Å². The Hall–Kier alpha value is -2.70. The van der Waals surface area contributed by atoms with Gasteiger partial charge in [0.25, 0.3) is 11.8 Å². The second-order valence-corrected chi connectivity index (χ2v) is 5.92. The number of carbonyl (C=O) groups is 2. The maximum absolute atomic E-state index is 12.6. The number of fused-ring (bicyclic) bond motifs is 1. The number of methoxy groups -OCH3 is 1. The number of benzene rings is 2. The molecule has 6 heteroatoms. The topological polar surface area (TPSA) is 65.1 Å². The molecule has 0 aromatic heterocycles. The van der Waals surface area contributed by atoms with E-state index in [4.69, 9.17) is 14.2 Å². The predicted octanol–water partition coefficient (Wildman–Crippen LogP) is 2.19. The van der Waals surface area contributed by atoms with Crippen LogP contribution in [0.25, 0.3) is 0 Å². The summed E-state index contributed by atoms with van der Waals surface area (Å²) < 4.78 is 16.9. The smallest absolute Gasteiger partial charge is 0.261 e. The Kier molecular flexibility index (Phi) is 3.78. The highest BCUT2D eigenvalue weighted by Gasteiger charge is 2.46. The van der Waals surface area contributed by atoms with Crippen LogP contribution in [0.5, 0.6) is 5.75 Å². The number of carbonyl (C=O) groups excluding carboxylic acids is 2. The summed E-state index contributed by atoms with van der Waals surface area (Å²) >= 11 is 0. The number of imide groups is 1. The van der Waals surface area contributed by atoms with E-state index in [9.17, 15) is 9.59 Å². The van der Waals surface area contributed by atoms with Gasteiger partial charge in [0, 0.05) is 5.56 Å². The zero-order valence-corrected chi connectivity index (χ0v) is 13.7. The lowest BCUT2D eigenvalue weighted by Crippen LogP contribution is -2.44. The zero-order chi connectivity index (χ0) is 17.4. The predicted molar refractivity (Wildman–Crippen MR) is 88.4 cm³/mol. The van der Waals surface area contributed by atoms with E-state index >= 15 is 0 Å². The van der Waals surface area contributed by atoms with Crippen molar-refractivity contribution in [1.29, 1.82) is 0 Å². The van der Waals surface area contributed by atoms with Crippen molar-refractivity contribution in [2.24, 2.45) is 0 Å². The first kappa shape index (κ1) is 15.8. The second-order valence-electron chi connectivity index (χ2n) is 5.92. The van der Waals surface area contributed by atoms with Crippen LogP contribution in [0.15, 0.2) is 48.5 Å². The van der Waals surface area contributed by atoms with Crippen LogP contribution in [0.3, 0.4) is 0 Å². The number of ether oxygens (including phenoxy) is 3. The minimum Gasteiger partial charge on any atom is -0.497 e. The molecule has 128 valence electrons. The minimum absolute atomic E-state index is 0.00563. The van der Waals surface area contributed by atoms with E-state index in [1.54, 1.807) is 43.5 Å². The fraction of sp³-hybridized carbons (Fsp3) is 0.263. The van der Waals surface area contributed by atoms with Crippen LogP contribution in [0, 0.1) is 0 Å². The molecule has 1 saturated heterocycles. The normalized spacial score (nSPS) is 18.5. The van der Waals surface area contributed by atoms with Crippen LogP contribution >= 0.6 is 0 Å². The summed E-state index contributed by atoms with van der Waals surface area (Å²) in [6.07, 6.45) is 0. The van der Waals surface area contributed by atoms with Gasteiger partial charge in [0.15, 0.2) is 0 Å². The molecule has 6 nitrogen and oxygen atoms in total. The molecule has 0 unspecified atom stereocenters. The van der Waals surface area contributed by atoms with Gasteiger partial charge in [-0.15, -0.1) is 0 Å². The van der Waals surface area contributed by atoms with Crippen molar-refractivity contribution in [3.05, 3.63) is 65.2 Å². The fourth-order valence-electron chi connectivity index (χ4n) is 3.24. The number of nitrogens with zero attached hydrogens (tertiary/aromatic N) is 1. The lowest BCUT2D eigenvalue weighted by Gasteiger charge is -2.31. The number of amides is 2. The average Bonchev–Trinajstić information content (AvgIpc) is 3.23. The van der Waals surface area contributed by atoms with Crippen molar-refractivity contribution in [2.75, 3.05) is 26.9 Å². The van der Waals surface area contributed by atoms with Crippen molar-refractivity contribution >= 4 is 11.8 Å². The Morgan fingerprint density at radius 1 is 0.960 bits per heavy atom. The molecule has 0 radical (unpaired) electrons. The number of hydrogen-bond acceptors (Lipinski definition) is 5. The Labute approximate surface area is 144 Å². The van der Waals surface area contributed by atoms with E-state index in [1.807, 2.05) is 12.1 Å². The molecule has 2 aliphatic heterocycles. The number of hydrogen-bond donors (Lipinski definition) is 0. The molecule has 0 N–H and O–H groups in total. The fourth-order valence-corrected chi connectivity index (χ4v) is 3.24. The molecule has 0 bridgehead atoms. The summed E-state index contributed by atoms with van der Waals surface area (Å²) in [5, 5.41) is 0. The van der Waals surface area contributed by atoms with Gasteiger partial charge in [0.1, 0.15) is 5.75 Å². The van der Waals surface area contributed by atoms with E-state index in [0.717, 1.165) is 5.56 Å². The number of rotatable bonds is 4. The molecule has 0 atom stereocenters. The first-order valence-corrected chi connectivity index (χ1v) is 8.02. The Balaban J connectivity index is 1.67. The SMILES string of the molecule is COc1ccc(C2(CN3C(=O)c4ccccc4C3=O)OCCO2)cc1. The van der Waals surface area contributed by atoms with E-state index in [1.165, 1.54) is 4.90 Å². The molecular formula is C19H17NO5. The third kappa shape index (κ3) is 2.50. The molecule has 2 amide bonds. The van der Waals surface area contributed by atoms with Crippen LogP contribution in [0.1, 0.15) is 26.3 Å². The lowest BCUT2D eigenvalue weighted by atomic mass is 10.0. The summed E-state index contributed by atoms with van der Waals surface area (Å²) in [4.78, 5) is 26.5. The molecule has 2 heterocycles. The molecule has 4 rings (SSSR count). The largest absolute Gasteiger partial charge is 0.497 e. The summed E-state index contributed by atoms with van der Waals surface area (Å²) in [5.74, 6) is -1.10. The van der Waals surface area contributed by atoms with Crippen LogP contribution in [0.2, 0.25) is 0 Å². The summed E-state index contributed by atoms with van der Waals surface area (Å²) in [5.41, 5.74) is 1.56. The molecule has 2 aromatic rings. The first-order chi connectivity index (χ1) is 12.1. The minimum atomic E-state index is -1.15. The van der Waals surface area contributed by atoms with Crippen molar-refractivity contribution < 1.29 is 23.8 Å². The highest BCUT2D eigenvalue weighted by Crippen LogP contribution is 2.35. The molecular weight excluding hydrogens is 322 g/mol. The highest BCUT2D eigenvalue weighted by atomic mass is 16.7. The third-order valence-electron chi connectivity index (χ3n) is 4.53. The Bertz CT molecular complexity index is 789. The van der Waals surface area contributed by atoms with Gasteiger partial charge in [0.2, 0.25) is 5.79 Å². The Morgan fingerprint density at radius 3 is 2.04 bits per heavy atom. The quantitative estimate of drug-likeness (QED) is 0.799. The standard InChI is InChI=1S/C19H17NO5/c1-23-14-8-6-13(7-9-14)19(24-10-11-25-19)12-20-17(21)15-4-2-3-5-16(15)18(20)22/h2-9H,10-12H2,1H3. The van der Waals surface area contributed by atoms with Gasteiger partial charge in [-0.05, 0) is 36.4 Å². The van der Waals surface area contributed by atoms with Gasteiger partial charge in [0.05, 0.1) is 38.0 Å². The van der Waals surface area contributed by atoms with Gasteiger partial charge in [-0.2, -0.15) is 0 Å². The molecule has 0 aliphatic carbocycles. The van der Waals surface area contributed by atoms with Gasteiger partial charge in [-0.3, -0.25) is 14.5 Å². The first-order valence-electron chi connectivity index (χ1n) is 8.02. The maximum Gasteiger partial charge on any atom is 0.261 e. The van der Waals surface area contributed by atoms with Gasteiger partial charge in [-0.25, -0.2) is 0 Å². The molecule has 2 aliphatic rings. The van der Waals surface area contributed by atoms with Crippen LogP contribution < -0.4 is 4.74 Å².